The Hall–Kier alpha value is -1.58. The van der Waals surface area contributed by atoms with E-state index in [9.17, 15) is 0 Å². The molecule has 1 N–H and O–H groups in total. The zero-order chi connectivity index (χ0) is 14.7. The van der Waals surface area contributed by atoms with Crippen molar-refractivity contribution >= 4 is 11.6 Å². The smallest absolute Gasteiger partial charge is 0.233 e. The standard InChI is InChI=1S/C17H19ClN2O/c1-12(14-5-3-2-4-6-14)21-17-16(18)9-13(11-20-17)10-19-15-7-8-15/h2-6,9,11-12,15,19H,7-8,10H2,1H3. The second kappa shape index (κ2) is 6.46. The van der Waals surface area contributed by atoms with E-state index in [1.807, 2.05) is 49.5 Å². The third-order valence-electron chi connectivity index (χ3n) is 3.59. The molecule has 0 aliphatic heterocycles. The molecule has 0 amide bonds. The molecule has 21 heavy (non-hydrogen) atoms. The summed E-state index contributed by atoms with van der Waals surface area (Å²) in [7, 11) is 0. The van der Waals surface area contributed by atoms with Crippen LogP contribution in [0.2, 0.25) is 5.02 Å². The molecule has 1 aliphatic carbocycles. The maximum atomic E-state index is 6.28. The fourth-order valence-electron chi connectivity index (χ4n) is 2.16. The molecule has 3 nitrogen and oxygen atoms in total. The zero-order valence-electron chi connectivity index (χ0n) is 12.1. The minimum atomic E-state index is -0.0772. The highest BCUT2D eigenvalue weighted by Crippen LogP contribution is 2.28. The highest BCUT2D eigenvalue weighted by atomic mass is 35.5. The first-order chi connectivity index (χ1) is 10.2. The monoisotopic (exact) mass is 302 g/mol. The number of hydrogen-bond acceptors (Lipinski definition) is 3. The van der Waals surface area contributed by atoms with Crippen LogP contribution in [0.25, 0.3) is 0 Å². The van der Waals surface area contributed by atoms with Crippen molar-refractivity contribution in [3.8, 4) is 5.88 Å². The van der Waals surface area contributed by atoms with Crippen LogP contribution in [0.1, 0.15) is 37.0 Å². The Labute approximate surface area is 130 Å². The molecule has 0 spiro atoms. The van der Waals surface area contributed by atoms with Crippen molar-refractivity contribution in [3.05, 3.63) is 58.7 Å². The molecule has 1 fully saturated rings. The van der Waals surface area contributed by atoms with E-state index < -0.39 is 0 Å². The van der Waals surface area contributed by atoms with Crippen molar-refractivity contribution < 1.29 is 4.74 Å². The lowest BCUT2D eigenvalue weighted by molar-refractivity contribution is 0.217. The summed E-state index contributed by atoms with van der Waals surface area (Å²) in [4.78, 5) is 4.35. The molecule has 2 aromatic rings. The van der Waals surface area contributed by atoms with Crippen molar-refractivity contribution in [2.45, 2.75) is 38.5 Å². The summed E-state index contributed by atoms with van der Waals surface area (Å²) < 4.78 is 5.86. The quantitative estimate of drug-likeness (QED) is 0.871. The number of benzene rings is 1. The Balaban J connectivity index is 1.64. The van der Waals surface area contributed by atoms with Crippen molar-refractivity contribution in [1.82, 2.24) is 10.3 Å². The molecule has 0 bridgehead atoms. The summed E-state index contributed by atoms with van der Waals surface area (Å²) in [5, 5.41) is 4.01. The van der Waals surface area contributed by atoms with Gasteiger partial charge in [-0.1, -0.05) is 41.9 Å². The predicted octanol–water partition coefficient (Wildman–Crippen LogP) is 4.13. The molecule has 1 heterocycles. The first-order valence-electron chi connectivity index (χ1n) is 7.32. The van der Waals surface area contributed by atoms with Gasteiger partial charge in [-0.3, -0.25) is 0 Å². The first kappa shape index (κ1) is 14.4. The maximum absolute atomic E-state index is 6.28. The molecule has 1 atom stereocenters. The van der Waals surface area contributed by atoms with Gasteiger partial charge in [-0.05, 0) is 37.0 Å². The molecule has 0 saturated heterocycles. The van der Waals surface area contributed by atoms with Crippen LogP contribution in [0.3, 0.4) is 0 Å². The fourth-order valence-corrected chi connectivity index (χ4v) is 2.39. The Morgan fingerprint density at radius 2 is 2.10 bits per heavy atom. The van der Waals surface area contributed by atoms with Gasteiger partial charge in [0, 0.05) is 18.8 Å². The van der Waals surface area contributed by atoms with Gasteiger partial charge in [0.25, 0.3) is 0 Å². The Morgan fingerprint density at radius 1 is 1.33 bits per heavy atom. The van der Waals surface area contributed by atoms with Crippen molar-refractivity contribution in [1.29, 1.82) is 0 Å². The fraction of sp³-hybridized carbons (Fsp3) is 0.353. The summed E-state index contributed by atoms with van der Waals surface area (Å²) in [6.45, 7) is 2.81. The van der Waals surface area contributed by atoms with Gasteiger partial charge in [-0.25, -0.2) is 4.98 Å². The van der Waals surface area contributed by atoms with Crippen molar-refractivity contribution in [3.63, 3.8) is 0 Å². The van der Waals surface area contributed by atoms with Gasteiger partial charge < -0.3 is 10.1 Å². The number of pyridine rings is 1. The molecule has 1 aromatic carbocycles. The lowest BCUT2D eigenvalue weighted by Gasteiger charge is -2.15. The van der Waals surface area contributed by atoms with Crippen LogP contribution in [0.15, 0.2) is 42.6 Å². The largest absolute Gasteiger partial charge is 0.469 e. The van der Waals surface area contributed by atoms with E-state index in [1.54, 1.807) is 0 Å². The van der Waals surface area contributed by atoms with E-state index in [0.717, 1.165) is 17.7 Å². The van der Waals surface area contributed by atoms with E-state index in [0.29, 0.717) is 16.9 Å². The first-order valence-corrected chi connectivity index (χ1v) is 7.69. The van der Waals surface area contributed by atoms with Crippen LogP contribution in [0.4, 0.5) is 0 Å². The van der Waals surface area contributed by atoms with E-state index in [1.165, 1.54) is 12.8 Å². The predicted molar refractivity (Wildman–Crippen MR) is 84.6 cm³/mol. The second-order valence-corrected chi connectivity index (χ2v) is 5.86. The molecule has 1 saturated carbocycles. The van der Waals surface area contributed by atoms with E-state index >= 15 is 0 Å². The molecule has 1 aliphatic rings. The maximum Gasteiger partial charge on any atom is 0.233 e. The van der Waals surface area contributed by atoms with Crippen LogP contribution in [0.5, 0.6) is 5.88 Å². The minimum Gasteiger partial charge on any atom is -0.469 e. The van der Waals surface area contributed by atoms with Gasteiger partial charge in [0.1, 0.15) is 11.1 Å². The Morgan fingerprint density at radius 3 is 2.76 bits per heavy atom. The van der Waals surface area contributed by atoms with E-state index in [-0.39, 0.29) is 6.10 Å². The highest BCUT2D eigenvalue weighted by Gasteiger charge is 2.20. The lowest BCUT2D eigenvalue weighted by Crippen LogP contribution is -2.15. The molecule has 110 valence electrons. The van der Waals surface area contributed by atoms with Gasteiger partial charge in [0.05, 0.1) is 0 Å². The normalized spacial score (nSPS) is 15.7. The van der Waals surface area contributed by atoms with Crippen LogP contribution in [-0.4, -0.2) is 11.0 Å². The average Bonchev–Trinajstić information content (AvgIpc) is 3.33. The number of aromatic nitrogens is 1. The summed E-state index contributed by atoms with van der Waals surface area (Å²) in [5.74, 6) is 0.489. The highest BCUT2D eigenvalue weighted by molar-refractivity contribution is 6.31. The Bertz CT molecular complexity index is 599. The number of nitrogens with one attached hydrogen (secondary N) is 1. The average molecular weight is 303 g/mol. The SMILES string of the molecule is CC(Oc1ncc(CNC2CC2)cc1Cl)c1ccccc1. The molecule has 3 rings (SSSR count). The number of halogens is 1. The third-order valence-corrected chi connectivity index (χ3v) is 3.86. The van der Waals surface area contributed by atoms with Crippen LogP contribution in [-0.2, 0) is 6.54 Å². The molecular formula is C17H19ClN2O. The Kier molecular flexibility index (Phi) is 4.42. The third kappa shape index (κ3) is 3.96. The van der Waals surface area contributed by atoms with Gasteiger partial charge in [0.15, 0.2) is 0 Å². The summed E-state index contributed by atoms with van der Waals surface area (Å²) in [5.41, 5.74) is 2.20. The topological polar surface area (TPSA) is 34.1 Å². The molecule has 1 aromatic heterocycles. The van der Waals surface area contributed by atoms with Gasteiger partial charge in [0.2, 0.25) is 5.88 Å². The molecular weight excluding hydrogens is 284 g/mol. The molecule has 0 radical (unpaired) electrons. The molecule has 1 unspecified atom stereocenters. The van der Waals surface area contributed by atoms with Crippen LogP contribution in [0, 0.1) is 0 Å². The molecule has 4 heteroatoms. The van der Waals surface area contributed by atoms with E-state index in [4.69, 9.17) is 16.3 Å². The number of nitrogens with zero attached hydrogens (tertiary/aromatic N) is 1. The van der Waals surface area contributed by atoms with E-state index in [2.05, 4.69) is 10.3 Å². The minimum absolute atomic E-state index is 0.0772. The number of ether oxygens (including phenoxy) is 1. The number of rotatable bonds is 6. The van der Waals surface area contributed by atoms with Crippen LogP contribution < -0.4 is 10.1 Å². The second-order valence-electron chi connectivity index (χ2n) is 5.46. The number of hydrogen-bond donors (Lipinski definition) is 1. The van der Waals surface area contributed by atoms with Gasteiger partial charge in [-0.2, -0.15) is 0 Å². The summed E-state index contributed by atoms with van der Waals surface area (Å²) in [6.07, 6.45) is 4.30. The van der Waals surface area contributed by atoms with Crippen LogP contribution >= 0.6 is 11.6 Å². The lowest BCUT2D eigenvalue weighted by atomic mass is 10.1. The van der Waals surface area contributed by atoms with Gasteiger partial charge >= 0.3 is 0 Å². The van der Waals surface area contributed by atoms with Crippen molar-refractivity contribution in [2.24, 2.45) is 0 Å². The zero-order valence-corrected chi connectivity index (χ0v) is 12.8. The van der Waals surface area contributed by atoms with Crippen molar-refractivity contribution in [2.75, 3.05) is 0 Å². The summed E-state index contributed by atoms with van der Waals surface area (Å²) in [6, 6.07) is 12.7. The summed E-state index contributed by atoms with van der Waals surface area (Å²) >= 11 is 6.28. The van der Waals surface area contributed by atoms with Gasteiger partial charge in [-0.15, -0.1) is 0 Å².